The number of morpholine rings is 1. The van der Waals surface area contributed by atoms with Crippen LogP contribution in [-0.4, -0.2) is 48.7 Å². The van der Waals surface area contributed by atoms with Gasteiger partial charge in [0.25, 0.3) is 5.79 Å². The van der Waals surface area contributed by atoms with E-state index in [2.05, 4.69) is 6.58 Å². The van der Waals surface area contributed by atoms with Gasteiger partial charge in [-0.15, -0.1) is 6.58 Å². The van der Waals surface area contributed by atoms with Crippen molar-refractivity contribution in [1.29, 1.82) is 0 Å². The second-order valence-corrected chi connectivity index (χ2v) is 6.21. The maximum Gasteiger partial charge on any atom is 0.413 e. The summed E-state index contributed by atoms with van der Waals surface area (Å²) in [4.78, 5) is 26.6. The highest BCUT2D eigenvalue weighted by Crippen LogP contribution is 2.40. The van der Waals surface area contributed by atoms with Crippen LogP contribution in [0.1, 0.15) is 25.8 Å². The van der Waals surface area contributed by atoms with Crippen LogP contribution in [0.4, 0.5) is 4.79 Å². The summed E-state index contributed by atoms with van der Waals surface area (Å²) in [5.41, 5.74) is -0.564. The van der Waals surface area contributed by atoms with E-state index in [1.54, 1.807) is 6.92 Å². The van der Waals surface area contributed by atoms with Crippen LogP contribution in [0.3, 0.4) is 0 Å². The standard InChI is InChI=1S/C19H25NO6/c1-6-10-15-16(21)26-19(3,24-5)18(2,23-4)20(15)17(22)25-13-14-11-8-7-9-12-14/h6-9,11-12,15H,1,10,13H2,2-5H3/t15-,18-,19+/m1/s1. The Hall–Kier alpha value is -2.38. The monoisotopic (exact) mass is 363 g/mol. The molecule has 3 atom stereocenters. The molecule has 1 aromatic carbocycles. The number of nitrogens with zero attached hydrogens (tertiary/aromatic N) is 1. The third-order valence-corrected chi connectivity index (χ3v) is 4.76. The predicted octanol–water partition coefficient (Wildman–Crippen LogP) is 2.85. The molecule has 26 heavy (non-hydrogen) atoms. The summed E-state index contributed by atoms with van der Waals surface area (Å²) >= 11 is 0. The van der Waals surface area contributed by atoms with Gasteiger partial charge in [0.1, 0.15) is 12.6 Å². The number of carbonyl (C=O) groups is 2. The highest BCUT2D eigenvalue weighted by atomic mass is 16.7. The molecule has 1 aromatic rings. The molecule has 0 radical (unpaired) electrons. The van der Waals surface area contributed by atoms with Gasteiger partial charge in [-0.25, -0.2) is 9.59 Å². The number of ether oxygens (including phenoxy) is 4. The molecular weight excluding hydrogens is 338 g/mol. The summed E-state index contributed by atoms with van der Waals surface area (Å²) < 4.78 is 21.9. The first-order chi connectivity index (χ1) is 12.3. The fourth-order valence-corrected chi connectivity index (χ4v) is 2.94. The Balaban J connectivity index is 2.34. The van der Waals surface area contributed by atoms with E-state index in [1.807, 2.05) is 30.3 Å². The van der Waals surface area contributed by atoms with Crippen LogP contribution >= 0.6 is 0 Å². The molecule has 1 saturated heterocycles. The molecular formula is C19H25NO6. The fourth-order valence-electron chi connectivity index (χ4n) is 2.94. The van der Waals surface area contributed by atoms with Crippen molar-refractivity contribution in [3.63, 3.8) is 0 Å². The first kappa shape index (κ1) is 19.9. The van der Waals surface area contributed by atoms with Crippen molar-refractivity contribution in [3.05, 3.63) is 48.6 Å². The van der Waals surface area contributed by atoms with Crippen LogP contribution in [0.5, 0.6) is 0 Å². The molecule has 7 heteroatoms. The maximum absolute atomic E-state index is 12.9. The fraction of sp³-hybridized carbons (Fsp3) is 0.474. The molecule has 0 N–H and O–H groups in total. The number of esters is 1. The average Bonchev–Trinajstić information content (AvgIpc) is 2.65. The number of hydrogen-bond acceptors (Lipinski definition) is 6. The average molecular weight is 363 g/mol. The topological polar surface area (TPSA) is 74.3 Å². The lowest BCUT2D eigenvalue weighted by molar-refractivity contribution is -0.350. The van der Waals surface area contributed by atoms with Gasteiger partial charge < -0.3 is 18.9 Å². The van der Waals surface area contributed by atoms with Crippen LogP contribution in [0.15, 0.2) is 43.0 Å². The van der Waals surface area contributed by atoms with Gasteiger partial charge in [0.2, 0.25) is 5.72 Å². The second kappa shape index (κ2) is 7.88. The van der Waals surface area contributed by atoms with Gasteiger partial charge in [0, 0.05) is 21.1 Å². The summed E-state index contributed by atoms with van der Waals surface area (Å²) in [6, 6.07) is 8.33. The lowest BCUT2D eigenvalue weighted by Crippen LogP contribution is -2.74. The smallest absolute Gasteiger partial charge is 0.413 e. The third kappa shape index (κ3) is 3.45. The Kier molecular flexibility index (Phi) is 6.05. The van der Waals surface area contributed by atoms with Crippen molar-refractivity contribution >= 4 is 12.1 Å². The van der Waals surface area contributed by atoms with E-state index in [1.165, 1.54) is 32.1 Å². The molecule has 0 saturated carbocycles. The largest absolute Gasteiger partial charge is 0.444 e. The van der Waals surface area contributed by atoms with Crippen molar-refractivity contribution in [1.82, 2.24) is 4.90 Å². The lowest BCUT2D eigenvalue weighted by atomic mass is 9.97. The molecule has 0 aliphatic carbocycles. The number of cyclic esters (lactones) is 1. The third-order valence-electron chi connectivity index (χ3n) is 4.76. The zero-order chi connectivity index (χ0) is 19.4. The van der Waals surface area contributed by atoms with Gasteiger partial charge in [-0.2, -0.15) is 0 Å². The van der Waals surface area contributed by atoms with Crippen molar-refractivity contribution in [3.8, 4) is 0 Å². The Morgan fingerprint density at radius 2 is 1.92 bits per heavy atom. The first-order valence-electron chi connectivity index (χ1n) is 8.27. The van der Waals surface area contributed by atoms with Crippen molar-refractivity contribution in [2.75, 3.05) is 14.2 Å². The van der Waals surface area contributed by atoms with E-state index in [0.29, 0.717) is 0 Å². The molecule has 0 aromatic heterocycles. The molecule has 1 amide bonds. The van der Waals surface area contributed by atoms with E-state index >= 15 is 0 Å². The highest BCUT2D eigenvalue weighted by Gasteiger charge is 2.62. The lowest BCUT2D eigenvalue weighted by Gasteiger charge is -2.54. The van der Waals surface area contributed by atoms with Crippen LogP contribution in [0, 0.1) is 0 Å². The molecule has 0 spiro atoms. The Morgan fingerprint density at radius 3 is 2.46 bits per heavy atom. The van der Waals surface area contributed by atoms with Gasteiger partial charge in [-0.1, -0.05) is 36.4 Å². The highest BCUT2D eigenvalue weighted by molar-refractivity contribution is 5.84. The molecule has 7 nitrogen and oxygen atoms in total. The zero-order valence-corrected chi connectivity index (χ0v) is 15.6. The normalized spacial score (nSPS) is 28.4. The van der Waals surface area contributed by atoms with Crippen molar-refractivity contribution in [2.24, 2.45) is 0 Å². The molecule has 2 rings (SSSR count). The molecule has 0 unspecified atom stereocenters. The Labute approximate surface area is 153 Å². The van der Waals surface area contributed by atoms with E-state index in [4.69, 9.17) is 18.9 Å². The Morgan fingerprint density at radius 1 is 1.27 bits per heavy atom. The summed E-state index contributed by atoms with van der Waals surface area (Å²) in [6.07, 6.45) is 1.03. The summed E-state index contributed by atoms with van der Waals surface area (Å²) in [7, 11) is 2.80. The minimum atomic E-state index is -1.50. The van der Waals surface area contributed by atoms with Gasteiger partial charge in [-0.3, -0.25) is 4.90 Å². The van der Waals surface area contributed by atoms with Gasteiger partial charge in [0.15, 0.2) is 0 Å². The predicted molar refractivity (Wildman–Crippen MR) is 94.0 cm³/mol. The summed E-state index contributed by atoms with van der Waals surface area (Å²) in [5, 5.41) is 0. The minimum absolute atomic E-state index is 0.0650. The van der Waals surface area contributed by atoms with Crippen LogP contribution < -0.4 is 0 Å². The Bertz CT molecular complexity index is 663. The zero-order valence-electron chi connectivity index (χ0n) is 15.6. The van der Waals surface area contributed by atoms with Crippen LogP contribution in [0.2, 0.25) is 0 Å². The van der Waals surface area contributed by atoms with E-state index in [0.717, 1.165) is 5.56 Å². The van der Waals surface area contributed by atoms with E-state index in [9.17, 15) is 9.59 Å². The van der Waals surface area contributed by atoms with E-state index in [-0.39, 0.29) is 13.0 Å². The van der Waals surface area contributed by atoms with Crippen LogP contribution in [0.25, 0.3) is 0 Å². The number of carbonyl (C=O) groups excluding carboxylic acids is 2. The summed E-state index contributed by atoms with van der Waals surface area (Å²) in [5.74, 6) is -2.11. The van der Waals surface area contributed by atoms with Gasteiger partial charge in [0.05, 0.1) is 0 Å². The SMILES string of the molecule is C=CC[C@@H]1C(=O)O[C@](C)(OC)[C@@](C)(OC)N1C(=O)OCc1ccccc1. The number of hydrogen-bond donors (Lipinski definition) is 0. The number of methoxy groups -OCH3 is 2. The molecule has 0 bridgehead atoms. The van der Waals surface area contributed by atoms with Crippen LogP contribution in [-0.2, 0) is 30.3 Å². The van der Waals surface area contributed by atoms with Gasteiger partial charge in [-0.05, 0) is 18.9 Å². The minimum Gasteiger partial charge on any atom is -0.444 e. The number of benzene rings is 1. The summed E-state index contributed by atoms with van der Waals surface area (Å²) in [6.45, 7) is 6.86. The quantitative estimate of drug-likeness (QED) is 0.571. The van der Waals surface area contributed by atoms with Gasteiger partial charge >= 0.3 is 12.1 Å². The number of amides is 1. The maximum atomic E-state index is 12.9. The first-order valence-corrected chi connectivity index (χ1v) is 8.27. The van der Waals surface area contributed by atoms with Crippen molar-refractivity contribution in [2.45, 2.75) is 44.4 Å². The molecule has 142 valence electrons. The number of rotatable bonds is 6. The van der Waals surface area contributed by atoms with E-state index < -0.39 is 29.6 Å². The molecule has 1 aliphatic heterocycles. The second-order valence-electron chi connectivity index (χ2n) is 6.21. The molecule has 1 fully saturated rings. The van der Waals surface area contributed by atoms with Crippen molar-refractivity contribution < 1.29 is 28.5 Å². The molecule has 1 aliphatic rings. The molecule has 1 heterocycles.